The molecule has 0 aromatic heterocycles. The fraction of sp³-hybridized carbons (Fsp3) is 0.619. The maximum Gasteiger partial charge on any atom is 0.338 e. The molecule has 2 rings (SSSR count). The summed E-state index contributed by atoms with van der Waals surface area (Å²) in [7, 11) is -3.63. The summed E-state index contributed by atoms with van der Waals surface area (Å²) in [5.41, 5.74) is 0.194. The van der Waals surface area contributed by atoms with Gasteiger partial charge in [0.2, 0.25) is 10.0 Å². The van der Waals surface area contributed by atoms with Crippen molar-refractivity contribution in [3.63, 3.8) is 0 Å². The van der Waals surface area contributed by atoms with Gasteiger partial charge in [0.25, 0.3) is 5.91 Å². The van der Waals surface area contributed by atoms with E-state index in [9.17, 15) is 18.0 Å². The summed E-state index contributed by atoms with van der Waals surface area (Å²) >= 11 is 0. The number of hydrogen-bond donors (Lipinski definition) is 2. The molecule has 8 heteroatoms. The van der Waals surface area contributed by atoms with Crippen LogP contribution in [0.4, 0.5) is 0 Å². The van der Waals surface area contributed by atoms with Gasteiger partial charge in [0.05, 0.1) is 10.5 Å². The number of hydrogen-bond acceptors (Lipinski definition) is 5. The van der Waals surface area contributed by atoms with Gasteiger partial charge in [-0.1, -0.05) is 26.2 Å². The number of nitrogens with one attached hydrogen (secondary N) is 2. The number of rotatable bonds is 9. The van der Waals surface area contributed by atoms with Gasteiger partial charge in [0.15, 0.2) is 6.10 Å². The Morgan fingerprint density at radius 1 is 1.10 bits per heavy atom. The zero-order valence-corrected chi connectivity index (χ0v) is 18.3. The van der Waals surface area contributed by atoms with E-state index >= 15 is 0 Å². The van der Waals surface area contributed by atoms with Crippen LogP contribution in [0.1, 0.15) is 69.7 Å². The Kier molecular flexibility index (Phi) is 8.64. The highest BCUT2D eigenvalue weighted by Gasteiger charge is 2.22. The minimum atomic E-state index is -3.63. The number of benzene rings is 1. The van der Waals surface area contributed by atoms with Gasteiger partial charge in [-0.2, -0.15) is 0 Å². The van der Waals surface area contributed by atoms with E-state index in [-0.39, 0.29) is 22.4 Å². The molecular formula is C21H32N2O5S. The van der Waals surface area contributed by atoms with Gasteiger partial charge in [0.1, 0.15) is 0 Å². The van der Waals surface area contributed by atoms with Crippen LogP contribution in [0.25, 0.3) is 0 Å². The first-order valence-electron chi connectivity index (χ1n) is 10.3. The SMILES string of the molecule is CC[C@@H](C)NS(=O)(=O)c1ccc(C(=O)O[C@H](C)C(=O)NCC2CCCCC2)cc1. The van der Waals surface area contributed by atoms with Gasteiger partial charge in [-0.05, 0) is 63.3 Å². The highest BCUT2D eigenvalue weighted by molar-refractivity contribution is 7.89. The summed E-state index contributed by atoms with van der Waals surface area (Å²) in [4.78, 5) is 24.6. The molecule has 0 radical (unpaired) electrons. The molecule has 162 valence electrons. The lowest BCUT2D eigenvalue weighted by Crippen LogP contribution is -2.38. The van der Waals surface area contributed by atoms with Crippen molar-refractivity contribution in [3.8, 4) is 0 Å². The smallest absolute Gasteiger partial charge is 0.338 e. The number of carbonyl (C=O) groups excluding carboxylic acids is 2. The predicted molar refractivity (Wildman–Crippen MR) is 111 cm³/mol. The molecule has 1 aliphatic carbocycles. The van der Waals surface area contributed by atoms with E-state index in [1.54, 1.807) is 6.92 Å². The zero-order chi connectivity index (χ0) is 21.4. The maximum atomic E-state index is 12.3. The van der Waals surface area contributed by atoms with Crippen molar-refractivity contribution in [1.29, 1.82) is 0 Å². The van der Waals surface area contributed by atoms with Crippen LogP contribution in [0.15, 0.2) is 29.2 Å². The van der Waals surface area contributed by atoms with E-state index < -0.39 is 22.1 Å². The topological polar surface area (TPSA) is 102 Å². The number of esters is 1. The number of sulfonamides is 1. The van der Waals surface area contributed by atoms with Gasteiger partial charge in [-0.3, -0.25) is 4.79 Å². The van der Waals surface area contributed by atoms with Crippen LogP contribution in [0.5, 0.6) is 0 Å². The minimum Gasteiger partial charge on any atom is -0.449 e. The number of amides is 1. The third-order valence-corrected chi connectivity index (χ3v) is 6.92. The molecule has 1 aromatic rings. The summed E-state index contributed by atoms with van der Waals surface area (Å²) in [6.07, 6.45) is 5.65. The zero-order valence-electron chi connectivity index (χ0n) is 17.4. The molecule has 0 bridgehead atoms. The van der Waals surface area contributed by atoms with Crippen molar-refractivity contribution in [1.82, 2.24) is 10.0 Å². The second kappa shape index (κ2) is 10.7. The molecule has 7 nitrogen and oxygen atoms in total. The average Bonchev–Trinajstić information content (AvgIpc) is 2.72. The Morgan fingerprint density at radius 3 is 2.31 bits per heavy atom. The fourth-order valence-corrected chi connectivity index (χ4v) is 4.58. The summed E-state index contributed by atoms with van der Waals surface area (Å²) in [5, 5.41) is 2.86. The van der Waals surface area contributed by atoms with E-state index in [0.717, 1.165) is 12.8 Å². The molecule has 0 saturated heterocycles. The second-order valence-electron chi connectivity index (χ2n) is 7.75. The van der Waals surface area contributed by atoms with Crippen LogP contribution < -0.4 is 10.0 Å². The first-order valence-corrected chi connectivity index (χ1v) is 11.8. The molecule has 29 heavy (non-hydrogen) atoms. The van der Waals surface area contributed by atoms with Gasteiger partial charge in [-0.25, -0.2) is 17.9 Å². The Morgan fingerprint density at radius 2 is 1.72 bits per heavy atom. The quantitative estimate of drug-likeness (QED) is 0.594. The average molecular weight is 425 g/mol. The van der Waals surface area contributed by atoms with Crippen molar-refractivity contribution in [2.45, 2.75) is 76.3 Å². The number of ether oxygens (including phenoxy) is 1. The summed E-state index contributed by atoms with van der Waals surface area (Å²) in [6.45, 7) is 5.81. The molecule has 1 fully saturated rings. The fourth-order valence-electron chi connectivity index (χ4n) is 3.25. The normalized spacial score (nSPS) is 17.3. The molecule has 1 saturated carbocycles. The molecular weight excluding hydrogens is 392 g/mol. The van der Waals surface area contributed by atoms with E-state index in [4.69, 9.17) is 4.74 Å². The monoisotopic (exact) mass is 424 g/mol. The highest BCUT2D eigenvalue weighted by atomic mass is 32.2. The van der Waals surface area contributed by atoms with E-state index in [0.29, 0.717) is 18.9 Å². The van der Waals surface area contributed by atoms with Gasteiger partial charge in [-0.15, -0.1) is 0 Å². The predicted octanol–water partition coefficient (Wildman–Crippen LogP) is 3.01. The third-order valence-electron chi connectivity index (χ3n) is 5.31. The van der Waals surface area contributed by atoms with Crippen molar-refractivity contribution < 1.29 is 22.7 Å². The Hall–Kier alpha value is -1.93. The molecule has 2 atom stereocenters. The highest BCUT2D eigenvalue weighted by Crippen LogP contribution is 2.22. The Bertz CT molecular complexity index is 786. The molecule has 2 N–H and O–H groups in total. The molecule has 0 aliphatic heterocycles. The lowest BCUT2D eigenvalue weighted by molar-refractivity contribution is -0.129. The summed E-state index contributed by atoms with van der Waals surface area (Å²) in [6, 6.07) is 5.31. The first-order chi connectivity index (χ1) is 13.7. The maximum absolute atomic E-state index is 12.3. The van der Waals surface area contributed by atoms with Crippen LogP contribution in [0.2, 0.25) is 0 Å². The molecule has 1 amide bonds. The molecule has 1 aromatic carbocycles. The van der Waals surface area contributed by atoms with Crippen molar-refractivity contribution in [2.75, 3.05) is 6.54 Å². The van der Waals surface area contributed by atoms with Crippen LogP contribution in [0.3, 0.4) is 0 Å². The van der Waals surface area contributed by atoms with Crippen LogP contribution >= 0.6 is 0 Å². The van der Waals surface area contributed by atoms with Crippen LogP contribution in [-0.4, -0.2) is 39.0 Å². The van der Waals surface area contributed by atoms with Crippen molar-refractivity contribution in [3.05, 3.63) is 29.8 Å². The summed E-state index contributed by atoms with van der Waals surface area (Å²) < 4.78 is 32.3. The number of carbonyl (C=O) groups is 2. The standard InChI is InChI=1S/C21H32N2O5S/c1-4-15(2)23-29(26,27)19-12-10-18(11-13-19)21(25)28-16(3)20(24)22-14-17-8-6-5-7-9-17/h10-13,15-17,23H,4-9,14H2,1-3H3,(H,22,24)/t15-,16-/m1/s1. The third kappa shape index (κ3) is 7.12. The van der Waals surface area contributed by atoms with E-state index in [1.165, 1.54) is 50.5 Å². The summed E-state index contributed by atoms with van der Waals surface area (Å²) in [5.74, 6) is -0.487. The molecule has 0 spiro atoms. The van der Waals surface area contributed by atoms with E-state index in [1.807, 2.05) is 6.92 Å². The lowest BCUT2D eigenvalue weighted by Gasteiger charge is -2.22. The minimum absolute atomic E-state index is 0.0765. The first kappa shape index (κ1) is 23.3. The lowest BCUT2D eigenvalue weighted by atomic mass is 9.89. The Balaban J connectivity index is 1.88. The molecule has 1 aliphatic rings. The second-order valence-corrected chi connectivity index (χ2v) is 9.47. The van der Waals surface area contributed by atoms with Crippen LogP contribution in [0, 0.1) is 5.92 Å². The van der Waals surface area contributed by atoms with E-state index in [2.05, 4.69) is 10.0 Å². The van der Waals surface area contributed by atoms with Gasteiger partial charge < -0.3 is 10.1 Å². The van der Waals surface area contributed by atoms with Gasteiger partial charge in [0, 0.05) is 12.6 Å². The van der Waals surface area contributed by atoms with Crippen molar-refractivity contribution in [2.24, 2.45) is 5.92 Å². The largest absolute Gasteiger partial charge is 0.449 e. The molecule has 0 heterocycles. The molecule has 0 unspecified atom stereocenters. The van der Waals surface area contributed by atoms with Gasteiger partial charge >= 0.3 is 5.97 Å². The van der Waals surface area contributed by atoms with Crippen molar-refractivity contribution >= 4 is 21.9 Å². The van der Waals surface area contributed by atoms with Crippen LogP contribution in [-0.2, 0) is 19.6 Å². The Labute approximate surface area is 173 Å².